The lowest BCUT2D eigenvalue weighted by Crippen LogP contribution is -2.47. The van der Waals surface area contributed by atoms with Crippen LogP contribution in [0.2, 0.25) is 0 Å². The van der Waals surface area contributed by atoms with Crippen molar-refractivity contribution in [1.29, 1.82) is 0 Å². The van der Waals surface area contributed by atoms with Gasteiger partial charge in [0.05, 0.1) is 12.2 Å². The smallest absolute Gasteiger partial charge is 0.262 e. The van der Waals surface area contributed by atoms with Gasteiger partial charge in [0.1, 0.15) is 0 Å². The number of carbonyl (C=O) groups excluding carboxylic acids is 1. The highest BCUT2D eigenvalue weighted by atomic mass is 32.2. The van der Waals surface area contributed by atoms with Gasteiger partial charge in [-0.25, -0.2) is 13.4 Å². The van der Waals surface area contributed by atoms with Crippen molar-refractivity contribution >= 4 is 15.9 Å². The Hall–Kier alpha value is -1.41. The van der Waals surface area contributed by atoms with Crippen LogP contribution in [-0.2, 0) is 14.8 Å². The molecule has 3 rings (SSSR count). The Labute approximate surface area is 162 Å². The summed E-state index contributed by atoms with van der Waals surface area (Å²) in [5.74, 6) is -0.265. The van der Waals surface area contributed by atoms with Gasteiger partial charge in [0, 0.05) is 31.4 Å². The minimum Gasteiger partial charge on any atom is -0.353 e. The molecule has 1 N–H and O–H groups in total. The van der Waals surface area contributed by atoms with Gasteiger partial charge in [-0.05, 0) is 39.5 Å². The lowest BCUT2D eigenvalue weighted by atomic mass is 9.97. The first-order valence-corrected chi connectivity index (χ1v) is 11.7. The van der Waals surface area contributed by atoms with Gasteiger partial charge in [-0.3, -0.25) is 4.79 Å². The van der Waals surface area contributed by atoms with E-state index in [4.69, 9.17) is 0 Å². The van der Waals surface area contributed by atoms with Crippen molar-refractivity contribution in [1.82, 2.24) is 19.2 Å². The molecule has 2 aliphatic rings. The summed E-state index contributed by atoms with van der Waals surface area (Å²) < 4.78 is 29.1. The number of carbonyl (C=O) groups is 1. The molecule has 152 valence electrons. The van der Waals surface area contributed by atoms with Crippen molar-refractivity contribution in [3.05, 3.63) is 12.5 Å². The standard InChI is InChI=1S/C19H32N4O3S/c1-15(2)22-13-18(20-14-22)27(25,26)23-11-7-8-16(12-23)19(24)21-17-9-5-3-4-6-10-17/h13-17H,3-12H2,1-2H3,(H,21,24)/t16-/m1/s1. The van der Waals surface area contributed by atoms with Crippen LogP contribution >= 0.6 is 0 Å². The number of amides is 1. The zero-order valence-corrected chi connectivity index (χ0v) is 17.2. The van der Waals surface area contributed by atoms with E-state index in [1.54, 1.807) is 17.1 Å². The number of sulfonamides is 1. The Morgan fingerprint density at radius 2 is 1.85 bits per heavy atom. The summed E-state index contributed by atoms with van der Waals surface area (Å²) in [5.41, 5.74) is 0. The van der Waals surface area contributed by atoms with Gasteiger partial charge in [0.2, 0.25) is 5.91 Å². The summed E-state index contributed by atoms with van der Waals surface area (Å²) in [6, 6.07) is 0.398. The van der Waals surface area contributed by atoms with E-state index in [-0.39, 0.29) is 35.5 Å². The zero-order valence-electron chi connectivity index (χ0n) is 16.4. The Bertz CT molecular complexity index is 736. The lowest BCUT2D eigenvalue weighted by Gasteiger charge is -2.31. The maximum atomic E-state index is 12.9. The van der Waals surface area contributed by atoms with Crippen molar-refractivity contribution < 1.29 is 13.2 Å². The number of nitrogens with one attached hydrogen (secondary N) is 1. The maximum absolute atomic E-state index is 12.9. The zero-order chi connectivity index (χ0) is 19.4. The molecule has 2 fully saturated rings. The average Bonchev–Trinajstić information content (AvgIpc) is 3.03. The molecule has 27 heavy (non-hydrogen) atoms. The highest BCUT2D eigenvalue weighted by Gasteiger charge is 2.35. The largest absolute Gasteiger partial charge is 0.353 e. The normalized spacial score (nSPS) is 23.3. The van der Waals surface area contributed by atoms with Crippen LogP contribution in [0.1, 0.15) is 71.3 Å². The van der Waals surface area contributed by atoms with Crippen LogP contribution in [0.4, 0.5) is 0 Å². The van der Waals surface area contributed by atoms with Gasteiger partial charge in [-0.1, -0.05) is 25.7 Å². The molecule has 1 aliphatic carbocycles. The Morgan fingerprint density at radius 1 is 1.15 bits per heavy atom. The molecule has 1 atom stereocenters. The lowest BCUT2D eigenvalue weighted by molar-refractivity contribution is -0.126. The average molecular weight is 397 g/mol. The van der Waals surface area contributed by atoms with Crippen LogP contribution in [-0.4, -0.2) is 47.3 Å². The van der Waals surface area contributed by atoms with E-state index < -0.39 is 10.0 Å². The van der Waals surface area contributed by atoms with Crippen LogP contribution in [0.25, 0.3) is 0 Å². The molecule has 1 aromatic heterocycles. The third-order valence-corrected chi connectivity index (χ3v) is 7.49. The first-order valence-electron chi connectivity index (χ1n) is 10.2. The summed E-state index contributed by atoms with van der Waals surface area (Å²) in [4.78, 5) is 16.8. The highest BCUT2D eigenvalue weighted by molar-refractivity contribution is 7.89. The maximum Gasteiger partial charge on any atom is 0.262 e. The van der Waals surface area contributed by atoms with Gasteiger partial charge in [-0.15, -0.1) is 0 Å². The fourth-order valence-electron chi connectivity index (χ4n) is 3.98. The molecular formula is C19H32N4O3S. The molecule has 2 heterocycles. The van der Waals surface area contributed by atoms with E-state index in [1.165, 1.54) is 17.1 Å². The molecule has 1 aromatic rings. The number of piperidine rings is 1. The molecule has 0 bridgehead atoms. The predicted molar refractivity (Wildman–Crippen MR) is 104 cm³/mol. The third-order valence-electron chi connectivity index (χ3n) is 5.73. The van der Waals surface area contributed by atoms with Gasteiger partial charge in [-0.2, -0.15) is 4.31 Å². The first-order chi connectivity index (χ1) is 12.9. The molecule has 1 aliphatic heterocycles. The monoisotopic (exact) mass is 396 g/mol. The minimum atomic E-state index is -3.66. The van der Waals surface area contributed by atoms with Crippen LogP contribution < -0.4 is 5.32 Å². The topological polar surface area (TPSA) is 84.3 Å². The van der Waals surface area contributed by atoms with Crippen LogP contribution in [0.5, 0.6) is 0 Å². The molecule has 0 spiro atoms. The Balaban J connectivity index is 1.64. The van der Waals surface area contributed by atoms with E-state index in [1.807, 2.05) is 13.8 Å². The van der Waals surface area contributed by atoms with Crippen LogP contribution in [0.3, 0.4) is 0 Å². The summed E-state index contributed by atoms with van der Waals surface area (Å²) in [7, 11) is -3.66. The number of hydrogen-bond acceptors (Lipinski definition) is 4. The fourth-order valence-corrected chi connectivity index (χ4v) is 5.43. The molecule has 8 heteroatoms. The molecule has 0 unspecified atom stereocenters. The fraction of sp³-hybridized carbons (Fsp3) is 0.789. The molecule has 1 saturated carbocycles. The van der Waals surface area contributed by atoms with E-state index in [9.17, 15) is 13.2 Å². The summed E-state index contributed by atoms with van der Waals surface area (Å²) >= 11 is 0. The van der Waals surface area contributed by atoms with E-state index in [2.05, 4.69) is 10.3 Å². The molecule has 0 radical (unpaired) electrons. The number of nitrogens with zero attached hydrogens (tertiary/aromatic N) is 3. The van der Waals surface area contributed by atoms with Crippen molar-refractivity contribution in [3.63, 3.8) is 0 Å². The van der Waals surface area contributed by atoms with Gasteiger partial charge in [0.15, 0.2) is 5.03 Å². The predicted octanol–water partition coefficient (Wildman–Crippen LogP) is 2.70. The van der Waals surface area contributed by atoms with Gasteiger partial charge < -0.3 is 9.88 Å². The van der Waals surface area contributed by atoms with Crippen molar-refractivity contribution in [2.75, 3.05) is 13.1 Å². The first kappa shape index (κ1) is 20.3. The summed E-state index contributed by atoms with van der Waals surface area (Å²) in [6.45, 7) is 4.65. The number of hydrogen-bond donors (Lipinski definition) is 1. The quantitative estimate of drug-likeness (QED) is 0.776. The Morgan fingerprint density at radius 3 is 2.48 bits per heavy atom. The van der Waals surface area contributed by atoms with Crippen LogP contribution in [0, 0.1) is 5.92 Å². The SMILES string of the molecule is CC(C)n1cnc(S(=O)(=O)N2CCC[C@@H](C(=O)NC3CCCCCC3)C2)c1. The molecule has 1 saturated heterocycles. The van der Waals surface area contributed by atoms with E-state index >= 15 is 0 Å². The second kappa shape index (κ2) is 8.73. The summed E-state index contributed by atoms with van der Waals surface area (Å²) in [5, 5.41) is 3.25. The highest BCUT2D eigenvalue weighted by Crippen LogP contribution is 2.25. The van der Waals surface area contributed by atoms with E-state index in [0.29, 0.717) is 13.0 Å². The third kappa shape index (κ3) is 4.90. The number of imidazole rings is 1. The van der Waals surface area contributed by atoms with Gasteiger partial charge in [0.25, 0.3) is 10.0 Å². The molecular weight excluding hydrogens is 364 g/mol. The van der Waals surface area contributed by atoms with Crippen LogP contribution in [0.15, 0.2) is 17.6 Å². The second-order valence-electron chi connectivity index (χ2n) is 8.15. The minimum absolute atomic E-state index is 0.00881. The van der Waals surface area contributed by atoms with E-state index in [0.717, 1.165) is 32.1 Å². The molecule has 0 aromatic carbocycles. The molecule has 1 amide bonds. The second-order valence-corrected chi connectivity index (χ2v) is 10.0. The van der Waals surface area contributed by atoms with Crippen molar-refractivity contribution in [2.45, 2.75) is 82.3 Å². The Kier molecular flexibility index (Phi) is 6.57. The van der Waals surface area contributed by atoms with Gasteiger partial charge >= 0.3 is 0 Å². The van der Waals surface area contributed by atoms with Crippen molar-refractivity contribution in [2.24, 2.45) is 5.92 Å². The number of aromatic nitrogens is 2. The molecule has 7 nitrogen and oxygen atoms in total. The summed E-state index contributed by atoms with van der Waals surface area (Å²) in [6.07, 6.45) is 11.4. The number of rotatable bonds is 5. The van der Waals surface area contributed by atoms with Crippen molar-refractivity contribution in [3.8, 4) is 0 Å².